The summed E-state index contributed by atoms with van der Waals surface area (Å²) in [5, 5.41) is 3.04. The largest absolute Gasteiger partial charge is 0.489 e. The third-order valence-electron chi connectivity index (χ3n) is 6.87. The number of ether oxygens (including phenoxy) is 1. The highest BCUT2D eigenvalue weighted by Gasteiger charge is 2.23. The van der Waals surface area contributed by atoms with Crippen molar-refractivity contribution in [1.82, 2.24) is 19.8 Å². The molecule has 4 aromatic rings. The van der Waals surface area contributed by atoms with Crippen LogP contribution >= 0.6 is 0 Å². The fourth-order valence-corrected chi connectivity index (χ4v) is 4.41. The highest BCUT2D eigenvalue weighted by atomic mass is 16.5. The standard InChI is InChI=1S/C33H38N4O3/c1-33(2,28-12-8-5-9-13-28)24-34-31(38)22-37(32(39)19-16-29-21-36(3)25-35-29)20-26-14-17-30(18-15-26)40-23-27-10-6-4-7-11-27/h4-15,17-18,21,25H,16,19-20,22-24H2,1-3H3,(H,34,38). The van der Waals surface area contributed by atoms with Crippen molar-refractivity contribution >= 4 is 11.8 Å². The lowest BCUT2D eigenvalue weighted by Gasteiger charge is -2.27. The number of rotatable bonds is 13. The normalized spacial score (nSPS) is 11.2. The number of carbonyl (C=O) groups is 2. The fourth-order valence-electron chi connectivity index (χ4n) is 4.41. The number of carbonyl (C=O) groups excluding carboxylic acids is 2. The molecule has 208 valence electrons. The summed E-state index contributed by atoms with van der Waals surface area (Å²) in [6, 6.07) is 27.8. The van der Waals surface area contributed by atoms with Gasteiger partial charge in [-0.15, -0.1) is 0 Å². The Kier molecular flexibility index (Phi) is 9.73. The van der Waals surface area contributed by atoms with Gasteiger partial charge in [-0.25, -0.2) is 4.98 Å². The number of nitrogens with zero attached hydrogens (tertiary/aromatic N) is 3. The molecule has 0 saturated heterocycles. The SMILES string of the molecule is Cn1cnc(CCC(=O)N(CC(=O)NCC(C)(C)c2ccccc2)Cc2ccc(OCc3ccccc3)cc2)c1. The van der Waals surface area contributed by atoms with E-state index in [1.54, 1.807) is 11.2 Å². The van der Waals surface area contributed by atoms with Crippen LogP contribution in [0.2, 0.25) is 0 Å². The number of imidazole rings is 1. The maximum absolute atomic E-state index is 13.3. The lowest BCUT2D eigenvalue weighted by molar-refractivity contribution is -0.136. The van der Waals surface area contributed by atoms with Crippen LogP contribution in [0.4, 0.5) is 0 Å². The average Bonchev–Trinajstić information content (AvgIpc) is 3.40. The summed E-state index contributed by atoms with van der Waals surface area (Å²) in [6.07, 6.45) is 4.42. The van der Waals surface area contributed by atoms with Crippen LogP contribution < -0.4 is 10.1 Å². The molecule has 1 heterocycles. The van der Waals surface area contributed by atoms with Crippen LogP contribution in [0.25, 0.3) is 0 Å². The van der Waals surface area contributed by atoms with Gasteiger partial charge in [-0.05, 0) is 35.2 Å². The van der Waals surface area contributed by atoms with E-state index < -0.39 is 0 Å². The molecule has 7 nitrogen and oxygen atoms in total. The first kappa shape index (κ1) is 28.6. The Hall–Kier alpha value is -4.39. The van der Waals surface area contributed by atoms with Crippen molar-refractivity contribution in [2.75, 3.05) is 13.1 Å². The van der Waals surface area contributed by atoms with Crippen LogP contribution in [0.3, 0.4) is 0 Å². The molecular formula is C33H38N4O3. The molecular weight excluding hydrogens is 500 g/mol. The summed E-state index contributed by atoms with van der Waals surface area (Å²) in [5.74, 6) is 0.479. The zero-order valence-electron chi connectivity index (χ0n) is 23.5. The highest BCUT2D eigenvalue weighted by Crippen LogP contribution is 2.22. The van der Waals surface area contributed by atoms with E-state index in [1.807, 2.05) is 90.6 Å². The van der Waals surface area contributed by atoms with Crippen molar-refractivity contribution in [1.29, 1.82) is 0 Å². The van der Waals surface area contributed by atoms with Gasteiger partial charge in [0.25, 0.3) is 0 Å². The van der Waals surface area contributed by atoms with E-state index in [9.17, 15) is 9.59 Å². The van der Waals surface area contributed by atoms with Crippen LogP contribution in [0.5, 0.6) is 5.75 Å². The topological polar surface area (TPSA) is 76.5 Å². The van der Waals surface area contributed by atoms with E-state index >= 15 is 0 Å². The summed E-state index contributed by atoms with van der Waals surface area (Å²) in [4.78, 5) is 32.3. The second-order valence-electron chi connectivity index (χ2n) is 10.7. The molecule has 2 amide bonds. The third kappa shape index (κ3) is 8.56. The molecule has 1 N–H and O–H groups in total. The monoisotopic (exact) mass is 538 g/mol. The summed E-state index contributed by atoms with van der Waals surface area (Å²) < 4.78 is 7.76. The number of aryl methyl sites for hydroxylation is 2. The number of benzene rings is 3. The number of aromatic nitrogens is 2. The van der Waals surface area contributed by atoms with E-state index in [0.717, 1.165) is 28.1 Å². The lowest BCUT2D eigenvalue weighted by Crippen LogP contribution is -2.44. The van der Waals surface area contributed by atoms with Crippen molar-refractivity contribution in [3.63, 3.8) is 0 Å². The molecule has 1 aromatic heterocycles. The Bertz CT molecular complexity index is 1370. The number of hydrogen-bond donors (Lipinski definition) is 1. The first-order valence-electron chi connectivity index (χ1n) is 13.6. The zero-order valence-corrected chi connectivity index (χ0v) is 23.5. The first-order valence-corrected chi connectivity index (χ1v) is 13.6. The maximum Gasteiger partial charge on any atom is 0.239 e. The molecule has 0 radical (unpaired) electrons. The van der Waals surface area contributed by atoms with Gasteiger partial charge in [-0.1, -0.05) is 86.6 Å². The van der Waals surface area contributed by atoms with Crippen molar-refractivity contribution < 1.29 is 14.3 Å². The maximum atomic E-state index is 13.3. The van der Waals surface area contributed by atoms with Gasteiger partial charge < -0.3 is 19.5 Å². The second-order valence-corrected chi connectivity index (χ2v) is 10.7. The van der Waals surface area contributed by atoms with E-state index in [2.05, 4.69) is 36.3 Å². The van der Waals surface area contributed by atoms with Crippen LogP contribution in [0, 0.1) is 0 Å². The van der Waals surface area contributed by atoms with Gasteiger partial charge in [0.2, 0.25) is 11.8 Å². The van der Waals surface area contributed by atoms with Gasteiger partial charge in [0.05, 0.1) is 18.6 Å². The van der Waals surface area contributed by atoms with Crippen LogP contribution in [-0.4, -0.2) is 39.4 Å². The Balaban J connectivity index is 1.38. The average molecular weight is 539 g/mol. The smallest absolute Gasteiger partial charge is 0.239 e. The minimum absolute atomic E-state index is 0.0157. The Morgan fingerprint density at radius 3 is 2.25 bits per heavy atom. The van der Waals surface area contributed by atoms with E-state index in [1.165, 1.54) is 0 Å². The predicted octanol–water partition coefficient (Wildman–Crippen LogP) is 5.05. The first-order chi connectivity index (χ1) is 19.3. The lowest BCUT2D eigenvalue weighted by atomic mass is 9.84. The molecule has 0 atom stereocenters. The van der Waals surface area contributed by atoms with E-state index in [0.29, 0.717) is 26.1 Å². The predicted molar refractivity (Wildman–Crippen MR) is 157 cm³/mol. The van der Waals surface area contributed by atoms with Gasteiger partial charge in [-0.3, -0.25) is 9.59 Å². The Morgan fingerprint density at radius 1 is 0.925 bits per heavy atom. The molecule has 4 rings (SSSR count). The summed E-state index contributed by atoms with van der Waals surface area (Å²) in [7, 11) is 1.90. The molecule has 0 bridgehead atoms. The molecule has 0 aliphatic carbocycles. The molecule has 40 heavy (non-hydrogen) atoms. The summed E-state index contributed by atoms with van der Waals surface area (Å²) in [5.41, 5.74) is 3.78. The number of hydrogen-bond acceptors (Lipinski definition) is 4. The zero-order chi connectivity index (χ0) is 28.4. The summed E-state index contributed by atoms with van der Waals surface area (Å²) >= 11 is 0. The molecule has 0 aliphatic rings. The van der Waals surface area contributed by atoms with E-state index in [-0.39, 0.29) is 30.2 Å². The third-order valence-corrected chi connectivity index (χ3v) is 6.87. The molecule has 7 heteroatoms. The molecule has 0 unspecified atom stereocenters. The number of amides is 2. The van der Waals surface area contributed by atoms with Gasteiger partial charge in [0.15, 0.2) is 0 Å². The van der Waals surface area contributed by atoms with Gasteiger partial charge in [-0.2, -0.15) is 0 Å². The molecule has 0 saturated carbocycles. The number of nitrogens with one attached hydrogen (secondary N) is 1. The Labute approximate surface area is 236 Å². The minimum Gasteiger partial charge on any atom is -0.489 e. The summed E-state index contributed by atoms with van der Waals surface area (Å²) in [6.45, 7) is 5.46. The van der Waals surface area contributed by atoms with E-state index in [4.69, 9.17) is 4.74 Å². The van der Waals surface area contributed by atoms with Crippen molar-refractivity contribution in [2.24, 2.45) is 7.05 Å². The molecule has 3 aromatic carbocycles. The highest BCUT2D eigenvalue weighted by molar-refractivity contribution is 5.85. The quantitative estimate of drug-likeness (QED) is 0.258. The fraction of sp³-hybridized carbons (Fsp3) is 0.303. The second kappa shape index (κ2) is 13.6. The van der Waals surface area contributed by atoms with Crippen LogP contribution in [0.15, 0.2) is 97.5 Å². The van der Waals surface area contributed by atoms with Crippen LogP contribution in [-0.2, 0) is 41.6 Å². The molecule has 0 fully saturated rings. The Morgan fingerprint density at radius 2 is 1.60 bits per heavy atom. The van der Waals surface area contributed by atoms with Gasteiger partial charge >= 0.3 is 0 Å². The minimum atomic E-state index is -0.236. The van der Waals surface area contributed by atoms with Gasteiger partial charge in [0.1, 0.15) is 12.4 Å². The van der Waals surface area contributed by atoms with Crippen molar-refractivity contribution in [2.45, 2.75) is 45.3 Å². The molecule has 0 aliphatic heterocycles. The van der Waals surface area contributed by atoms with Crippen molar-refractivity contribution in [3.05, 3.63) is 120 Å². The molecule has 0 spiro atoms. The van der Waals surface area contributed by atoms with Gasteiger partial charge in [0, 0.05) is 38.2 Å². The van der Waals surface area contributed by atoms with Crippen LogP contribution in [0.1, 0.15) is 42.7 Å². The van der Waals surface area contributed by atoms with Crippen molar-refractivity contribution in [3.8, 4) is 5.75 Å².